The molecular weight excluding hydrogens is 371 g/mol. The third-order valence-electron chi connectivity index (χ3n) is 5.40. The second kappa shape index (κ2) is 10.3. The first-order valence-corrected chi connectivity index (χ1v) is 10.1. The summed E-state index contributed by atoms with van der Waals surface area (Å²) in [5, 5.41) is 2.96. The number of halogens is 1. The van der Waals surface area contributed by atoms with Crippen LogP contribution >= 0.6 is 0 Å². The van der Waals surface area contributed by atoms with Crippen LogP contribution in [0.2, 0.25) is 0 Å². The highest BCUT2D eigenvalue weighted by Crippen LogP contribution is 2.30. The zero-order valence-corrected chi connectivity index (χ0v) is 17.1. The van der Waals surface area contributed by atoms with Crippen LogP contribution in [0.15, 0.2) is 42.5 Å². The van der Waals surface area contributed by atoms with E-state index in [1.807, 2.05) is 0 Å². The van der Waals surface area contributed by atoms with Gasteiger partial charge in [-0.15, -0.1) is 0 Å². The lowest BCUT2D eigenvalue weighted by Gasteiger charge is -2.34. The Morgan fingerprint density at radius 1 is 1.03 bits per heavy atom. The Labute approximate surface area is 171 Å². The van der Waals surface area contributed by atoms with Gasteiger partial charge < -0.3 is 14.8 Å². The van der Waals surface area contributed by atoms with E-state index in [0.717, 1.165) is 18.4 Å². The Bertz CT molecular complexity index is 804. The fourth-order valence-corrected chi connectivity index (χ4v) is 3.88. The molecule has 5 nitrogen and oxygen atoms in total. The molecule has 0 spiro atoms. The summed E-state index contributed by atoms with van der Waals surface area (Å²) < 4.78 is 23.8. The first-order valence-electron chi connectivity index (χ1n) is 10.1. The second-order valence-corrected chi connectivity index (χ2v) is 7.44. The number of carbonyl (C=O) groups excluding carboxylic acids is 1. The minimum Gasteiger partial charge on any atom is -0.493 e. The van der Waals surface area contributed by atoms with E-state index in [0.29, 0.717) is 29.8 Å². The summed E-state index contributed by atoms with van der Waals surface area (Å²) >= 11 is 0. The van der Waals surface area contributed by atoms with E-state index in [-0.39, 0.29) is 18.3 Å². The highest BCUT2D eigenvalue weighted by Gasteiger charge is 2.23. The molecule has 0 radical (unpaired) electrons. The number of ether oxygens (including phenoxy) is 2. The molecule has 156 valence electrons. The van der Waals surface area contributed by atoms with Crippen molar-refractivity contribution >= 4 is 11.6 Å². The van der Waals surface area contributed by atoms with Gasteiger partial charge in [0.15, 0.2) is 11.5 Å². The number of anilines is 1. The first kappa shape index (κ1) is 21.1. The van der Waals surface area contributed by atoms with E-state index in [1.165, 1.54) is 31.4 Å². The monoisotopic (exact) mass is 400 g/mol. The average molecular weight is 400 g/mol. The summed E-state index contributed by atoms with van der Waals surface area (Å²) in [6.45, 7) is 0.917. The highest BCUT2D eigenvalue weighted by atomic mass is 19.1. The average Bonchev–Trinajstić information content (AvgIpc) is 2.75. The molecule has 1 N–H and O–H groups in total. The SMILES string of the molecule is COc1ccc(NC(=O)CN(Cc2ccc(F)cc2)C2CCCCC2)cc1OC. The molecule has 0 aliphatic heterocycles. The Morgan fingerprint density at radius 2 is 1.72 bits per heavy atom. The molecule has 1 amide bonds. The highest BCUT2D eigenvalue weighted by molar-refractivity contribution is 5.92. The third-order valence-corrected chi connectivity index (χ3v) is 5.40. The molecule has 0 atom stereocenters. The molecule has 1 aliphatic carbocycles. The van der Waals surface area contributed by atoms with E-state index < -0.39 is 0 Å². The maximum Gasteiger partial charge on any atom is 0.238 e. The fraction of sp³-hybridized carbons (Fsp3) is 0.435. The molecule has 1 saturated carbocycles. The maximum absolute atomic E-state index is 13.3. The summed E-state index contributed by atoms with van der Waals surface area (Å²) in [7, 11) is 3.14. The summed E-state index contributed by atoms with van der Waals surface area (Å²) in [5.41, 5.74) is 1.67. The van der Waals surface area contributed by atoms with Crippen molar-refractivity contribution in [2.24, 2.45) is 0 Å². The van der Waals surface area contributed by atoms with Gasteiger partial charge in [0.2, 0.25) is 5.91 Å². The molecule has 0 saturated heterocycles. The van der Waals surface area contributed by atoms with Crippen LogP contribution < -0.4 is 14.8 Å². The maximum atomic E-state index is 13.3. The van der Waals surface area contributed by atoms with Crippen LogP contribution in [0.1, 0.15) is 37.7 Å². The van der Waals surface area contributed by atoms with Crippen LogP contribution in [0.5, 0.6) is 11.5 Å². The molecule has 1 aliphatic rings. The van der Waals surface area contributed by atoms with Gasteiger partial charge in [-0.2, -0.15) is 0 Å². The van der Waals surface area contributed by atoms with Gasteiger partial charge in [-0.05, 0) is 42.7 Å². The molecular formula is C23H29FN2O3. The molecule has 0 aromatic heterocycles. The van der Waals surface area contributed by atoms with Gasteiger partial charge in [0.1, 0.15) is 5.82 Å². The number of carbonyl (C=O) groups is 1. The van der Waals surface area contributed by atoms with Gasteiger partial charge in [-0.3, -0.25) is 9.69 Å². The molecule has 29 heavy (non-hydrogen) atoms. The number of hydrogen-bond acceptors (Lipinski definition) is 4. The van der Waals surface area contributed by atoms with Crippen molar-refractivity contribution in [3.05, 3.63) is 53.8 Å². The van der Waals surface area contributed by atoms with Crippen molar-refractivity contribution in [3.8, 4) is 11.5 Å². The van der Waals surface area contributed by atoms with Crippen LogP contribution in [0.4, 0.5) is 10.1 Å². The lowest BCUT2D eigenvalue weighted by atomic mass is 9.93. The lowest BCUT2D eigenvalue weighted by molar-refractivity contribution is -0.118. The van der Waals surface area contributed by atoms with Crippen LogP contribution in [0.3, 0.4) is 0 Å². The van der Waals surface area contributed by atoms with Gasteiger partial charge in [-0.25, -0.2) is 4.39 Å². The van der Waals surface area contributed by atoms with Gasteiger partial charge in [0, 0.05) is 24.3 Å². The Hall–Kier alpha value is -2.60. The van der Waals surface area contributed by atoms with E-state index in [4.69, 9.17) is 9.47 Å². The van der Waals surface area contributed by atoms with Crippen molar-refractivity contribution in [2.75, 3.05) is 26.1 Å². The number of nitrogens with zero attached hydrogens (tertiary/aromatic N) is 1. The van der Waals surface area contributed by atoms with E-state index in [9.17, 15) is 9.18 Å². The zero-order valence-electron chi connectivity index (χ0n) is 17.1. The number of amides is 1. The van der Waals surface area contributed by atoms with Gasteiger partial charge in [-0.1, -0.05) is 31.4 Å². The second-order valence-electron chi connectivity index (χ2n) is 7.44. The number of methoxy groups -OCH3 is 2. The Morgan fingerprint density at radius 3 is 2.38 bits per heavy atom. The van der Waals surface area contributed by atoms with Crippen LogP contribution in [0.25, 0.3) is 0 Å². The number of rotatable bonds is 8. The predicted octanol–water partition coefficient (Wildman–Crippen LogP) is 4.62. The molecule has 6 heteroatoms. The smallest absolute Gasteiger partial charge is 0.238 e. The zero-order chi connectivity index (χ0) is 20.6. The van der Waals surface area contributed by atoms with Crippen molar-refractivity contribution in [2.45, 2.75) is 44.7 Å². The van der Waals surface area contributed by atoms with Crippen LogP contribution in [-0.4, -0.2) is 37.6 Å². The van der Waals surface area contributed by atoms with E-state index in [2.05, 4.69) is 10.2 Å². The van der Waals surface area contributed by atoms with E-state index >= 15 is 0 Å². The minimum atomic E-state index is -0.246. The predicted molar refractivity (Wildman–Crippen MR) is 112 cm³/mol. The minimum absolute atomic E-state index is 0.0788. The molecule has 1 fully saturated rings. The van der Waals surface area contributed by atoms with Crippen molar-refractivity contribution in [3.63, 3.8) is 0 Å². The normalized spacial score (nSPS) is 14.6. The Balaban J connectivity index is 1.69. The molecule has 3 rings (SSSR count). The lowest BCUT2D eigenvalue weighted by Crippen LogP contribution is -2.41. The quantitative estimate of drug-likeness (QED) is 0.703. The summed E-state index contributed by atoms with van der Waals surface area (Å²) in [6, 6.07) is 12.2. The largest absolute Gasteiger partial charge is 0.493 e. The van der Waals surface area contributed by atoms with E-state index in [1.54, 1.807) is 44.6 Å². The van der Waals surface area contributed by atoms with Crippen LogP contribution in [-0.2, 0) is 11.3 Å². The molecule has 0 unspecified atom stereocenters. The standard InChI is InChI=1S/C23H29FN2O3/c1-28-21-13-12-19(14-22(21)29-2)25-23(27)16-26(20-6-4-3-5-7-20)15-17-8-10-18(24)11-9-17/h8-14,20H,3-7,15-16H2,1-2H3,(H,25,27). The molecule has 0 heterocycles. The van der Waals surface area contributed by atoms with Crippen molar-refractivity contribution in [1.29, 1.82) is 0 Å². The summed E-state index contributed by atoms with van der Waals surface area (Å²) in [5.74, 6) is 0.862. The first-order chi connectivity index (χ1) is 14.1. The third kappa shape index (κ3) is 5.94. The fourth-order valence-electron chi connectivity index (χ4n) is 3.88. The number of nitrogens with one attached hydrogen (secondary N) is 1. The molecule has 0 bridgehead atoms. The van der Waals surface area contributed by atoms with Gasteiger partial charge in [0.05, 0.1) is 20.8 Å². The van der Waals surface area contributed by atoms with Crippen molar-refractivity contribution in [1.82, 2.24) is 4.90 Å². The summed E-state index contributed by atoms with van der Waals surface area (Å²) in [4.78, 5) is 15.0. The summed E-state index contributed by atoms with van der Waals surface area (Å²) in [6.07, 6.45) is 5.79. The number of benzene rings is 2. The van der Waals surface area contributed by atoms with Gasteiger partial charge >= 0.3 is 0 Å². The van der Waals surface area contributed by atoms with Crippen molar-refractivity contribution < 1.29 is 18.7 Å². The Kier molecular flexibility index (Phi) is 7.47. The van der Waals surface area contributed by atoms with Gasteiger partial charge in [0.25, 0.3) is 0 Å². The topological polar surface area (TPSA) is 50.8 Å². The molecule has 2 aromatic carbocycles. The van der Waals surface area contributed by atoms with Crippen LogP contribution in [0, 0.1) is 5.82 Å². The molecule has 2 aromatic rings. The number of hydrogen-bond donors (Lipinski definition) is 1.